The number of hydrogen-bond donors (Lipinski definition) is 1. The van der Waals surface area contributed by atoms with Gasteiger partial charge in [-0.2, -0.15) is 31.6 Å². The van der Waals surface area contributed by atoms with Crippen LogP contribution < -0.4 is 10.3 Å². The van der Waals surface area contributed by atoms with E-state index in [2.05, 4.69) is 9.72 Å². The van der Waals surface area contributed by atoms with E-state index in [0.717, 1.165) is 12.1 Å². The summed E-state index contributed by atoms with van der Waals surface area (Å²) in [7, 11) is 0. The van der Waals surface area contributed by atoms with Crippen LogP contribution in [0, 0.1) is 18.3 Å². The average Bonchev–Trinajstić information content (AvgIpc) is 2.50. The summed E-state index contributed by atoms with van der Waals surface area (Å²) in [6.45, 7) is -0.434. The maximum atomic E-state index is 13.0. The topological polar surface area (TPSA) is 65.9 Å². The number of aromatic nitrogens is 1. The molecule has 0 unspecified atom stereocenters. The molecule has 4 nitrogen and oxygen atoms in total. The van der Waals surface area contributed by atoms with Gasteiger partial charge in [-0.05, 0) is 30.7 Å². The molecular weight excluding hydrogens is 366 g/mol. The number of rotatable bonds is 3. The Hall–Kier alpha value is -2.96. The number of benzene rings is 1. The van der Waals surface area contributed by atoms with E-state index in [1.165, 1.54) is 13.0 Å². The molecule has 26 heavy (non-hydrogen) atoms. The van der Waals surface area contributed by atoms with Gasteiger partial charge in [0.15, 0.2) is 6.61 Å². The van der Waals surface area contributed by atoms with E-state index in [1.54, 1.807) is 6.07 Å². The number of ether oxygens (including phenoxy) is 1. The molecular formula is C16H10F6N2O2. The molecule has 0 aliphatic heterocycles. The van der Waals surface area contributed by atoms with Crippen molar-refractivity contribution in [1.29, 1.82) is 5.26 Å². The molecule has 0 bridgehead atoms. The maximum absolute atomic E-state index is 13.0. The number of nitrogens with zero attached hydrogens (tertiary/aromatic N) is 1. The van der Waals surface area contributed by atoms with Crippen LogP contribution in [0.2, 0.25) is 0 Å². The van der Waals surface area contributed by atoms with E-state index in [4.69, 9.17) is 5.26 Å². The molecule has 1 heterocycles. The third kappa shape index (κ3) is 4.36. The summed E-state index contributed by atoms with van der Waals surface area (Å²) in [6.07, 6.45) is -9.78. The van der Waals surface area contributed by atoms with Gasteiger partial charge in [0.2, 0.25) is 0 Å². The molecule has 0 radical (unpaired) electrons. The summed E-state index contributed by atoms with van der Waals surface area (Å²) in [4.78, 5) is 14.2. The highest BCUT2D eigenvalue weighted by atomic mass is 19.4. The van der Waals surface area contributed by atoms with Gasteiger partial charge < -0.3 is 9.72 Å². The van der Waals surface area contributed by atoms with E-state index in [0.29, 0.717) is 11.8 Å². The fraction of sp³-hybridized carbons (Fsp3) is 0.250. The van der Waals surface area contributed by atoms with Crippen molar-refractivity contribution in [3.8, 4) is 22.9 Å². The van der Waals surface area contributed by atoms with Gasteiger partial charge in [-0.1, -0.05) is 6.07 Å². The van der Waals surface area contributed by atoms with Crippen LogP contribution in [0.1, 0.15) is 16.8 Å². The zero-order valence-corrected chi connectivity index (χ0v) is 13.0. The zero-order valence-electron chi connectivity index (χ0n) is 13.0. The molecule has 0 amide bonds. The third-order valence-corrected chi connectivity index (χ3v) is 3.27. The van der Waals surface area contributed by atoms with Crippen molar-refractivity contribution in [3.05, 3.63) is 51.4 Å². The lowest BCUT2D eigenvalue weighted by atomic mass is 9.99. The standard InChI is InChI=1S/C16H10F6N2O2/c1-8-4-10(11(6-23)14(25)24-8)9-2-3-12(16(20,21)22)13(5-9)26-7-15(17,18)19/h2-5H,7H2,1H3,(H,24,25). The molecule has 0 aliphatic carbocycles. The molecule has 0 saturated carbocycles. The lowest BCUT2D eigenvalue weighted by Crippen LogP contribution is -2.21. The molecule has 1 N–H and O–H groups in total. The number of nitriles is 1. The second-order valence-corrected chi connectivity index (χ2v) is 5.29. The Labute approximate surface area is 142 Å². The Morgan fingerprint density at radius 2 is 1.81 bits per heavy atom. The predicted octanol–water partition coefficient (Wildman–Crippen LogP) is 4.18. The molecule has 0 atom stereocenters. The summed E-state index contributed by atoms with van der Waals surface area (Å²) in [5, 5.41) is 9.08. The fourth-order valence-electron chi connectivity index (χ4n) is 2.23. The van der Waals surface area contributed by atoms with Gasteiger partial charge >= 0.3 is 12.4 Å². The summed E-state index contributed by atoms with van der Waals surface area (Å²) in [6, 6.07) is 5.18. The molecule has 0 aliphatic rings. The van der Waals surface area contributed by atoms with Crippen LogP contribution in [0.3, 0.4) is 0 Å². The molecule has 0 fully saturated rings. The molecule has 2 aromatic rings. The molecule has 10 heteroatoms. The Morgan fingerprint density at radius 1 is 1.15 bits per heavy atom. The number of aromatic amines is 1. The Bertz CT molecular complexity index is 922. The number of halogens is 6. The van der Waals surface area contributed by atoms with Gasteiger partial charge in [0.1, 0.15) is 17.4 Å². The molecule has 138 valence electrons. The lowest BCUT2D eigenvalue weighted by molar-refractivity contribution is -0.158. The van der Waals surface area contributed by atoms with Crippen molar-refractivity contribution in [2.75, 3.05) is 6.61 Å². The van der Waals surface area contributed by atoms with E-state index in [1.807, 2.05) is 0 Å². The van der Waals surface area contributed by atoms with Crippen LogP contribution in [0.25, 0.3) is 11.1 Å². The van der Waals surface area contributed by atoms with Gasteiger partial charge in [0.05, 0.1) is 5.56 Å². The highest BCUT2D eigenvalue weighted by Gasteiger charge is 2.36. The monoisotopic (exact) mass is 376 g/mol. The minimum Gasteiger partial charge on any atom is -0.483 e. The molecule has 0 saturated heterocycles. The average molecular weight is 376 g/mol. The smallest absolute Gasteiger partial charge is 0.422 e. The van der Waals surface area contributed by atoms with E-state index < -0.39 is 35.8 Å². The van der Waals surface area contributed by atoms with Gasteiger partial charge in [-0.3, -0.25) is 4.79 Å². The Kier molecular flexibility index (Phi) is 5.02. The first-order chi connectivity index (χ1) is 11.9. The minimum atomic E-state index is -4.94. The van der Waals surface area contributed by atoms with Gasteiger partial charge in [-0.15, -0.1) is 0 Å². The molecule has 1 aromatic carbocycles. The summed E-state index contributed by atoms with van der Waals surface area (Å²) < 4.78 is 80.3. The normalized spacial score (nSPS) is 11.9. The van der Waals surface area contributed by atoms with E-state index in [-0.39, 0.29) is 16.7 Å². The van der Waals surface area contributed by atoms with Crippen LogP contribution in [-0.4, -0.2) is 17.8 Å². The van der Waals surface area contributed by atoms with E-state index in [9.17, 15) is 31.1 Å². The van der Waals surface area contributed by atoms with Crippen LogP contribution in [0.4, 0.5) is 26.3 Å². The molecule has 2 rings (SSSR count). The Morgan fingerprint density at radius 3 is 2.35 bits per heavy atom. The number of pyridine rings is 1. The van der Waals surface area contributed by atoms with Crippen molar-refractivity contribution < 1.29 is 31.1 Å². The van der Waals surface area contributed by atoms with Crippen LogP contribution in [0.5, 0.6) is 5.75 Å². The van der Waals surface area contributed by atoms with Crippen LogP contribution >= 0.6 is 0 Å². The van der Waals surface area contributed by atoms with Crippen molar-refractivity contribution >= 4 is 0 Å². The van der Waals surface area contributed by atoms with E-state index >= 15 is 0 Å². The lowest BCUT2D eigenvalue weighted by Gasteiger charge is -2.17. The first kappa shape index (κ1) is 19.4. The molecule has 1 aromatic heterocycles. The SMILES string of the molecule is Cc1cc(-c2ccc(C(F)(F)F)c(OCC(F)(F)F)c2)c(C#N)c(=O)[nH]1. The Balaban J connectivity index is 2.63. The number of alkyl halides is 6. The molecule has 0 spiro atoms. The highest BCUT2D eigenvalue weighted by Crippen LogP contribution is 2.39. The third-order valence-electron chi connectivity index (χ3n) is 3.27. The van der Waals surface area contributed by atoms with Crippen molar-refractivity contribution in [3.63, 3.8) is 0 Å². The predicted molar refractivity (Wildman–Crippen MR) is 78.5 cm³/mol. The summed E-state index contributed by atoms with van der Waals surface area (Å²) in [5.41, 5.74) is -2.29. The number of H-pyrrole nitrogens is 1. The van der Waals surface area contributed by atoms with Crippen molar-refractivity contribution in [2.45, 2.75) is 19.3 Å². The highest BCUT2D eigenvalue weighted by molar-refractivity contribution is 5.72. The first-order valence-corrected chi connectivity index (χ1v) is 6.97. The second kappa shape index (κ2) is 6.74. The first-order valence-electron chi connectivity index (χ1n) is 6.97. The largest absolute Gasteiger partial charge is 0.483 e. The van der Waals surface area contributed by atoms with Crippen LogP contribution in [-0.2, 0) is 6.18 Å². The quantitative estimate of drug-likeness (QED) is 0.818. The number of nitrogens with one attached hydrogen (secondary N) is 1. The second-order valence-electron chi connectivity index (χ2n) is 5.29. The van der Waals surface area contributed by atoms with Gasteiger partial charge in [0.25, 0.3) is 5.56 Å². The van der Waals surface area contributed by atoms with Crippen molar-refractivity contribution in [2.24, 2.45) is 0 Å². The van der Waals surface area contributed by atoms with Crippen molar-refractivity contribution in [1.82, 2.24) is 4.98 Å². The van der Waals surface area contributed by atoms with Crippen LogP contribution in [0.15, 0.2) is 29.1 Å². The minimum absolute atomic E-state index is 0.0145. The number of hydrogen-bond acceptors (Lipinski definition) is 3. The maximum Gasteiger partial charge on any atom is 0.422 e. The van der Waals surface area contributed by atoms with Gasteiger partial charge in [-0.25, -0.2) is 0 Å². The zero-order chi connectivity index (χ0) is 19.7. The number of aryl methyl sites for hydroxylation is 1. The summed E-state index contributed by atoms with van der Waals surface area (Å²) >= 11 is 0. The summed E-state index contributed by atoms with van der Waals surface area (Å²) in [5.74, 6) is -1.05. The van der Waals surface area contributed by atoms with Gasteiger partial charge in [0, 0.05) is 11.3 Å². The fourth-order valence-corrected chi connectivity index (χ4v) is 2.23.